The highest BCUT2D eigenvalue weighted by Gasteiger charge is 2.19. The number of nitrogens with one attached hydrogen (secondary N) is 1. The maximum atomic E-state index is 12.7. The minimum atomic E-state index is -0.420. The van der Waals surface area contributed by atoms with E-state index in [2.05, 4.69) is 10.3 Å². The first-order chi connectivity index (χ1) is 12.9. The Labute approximate surface area is 160 Å². The van der Waals surface area contributed by atoms with E-state index in [4.69, 9.17) is 0 Å². The standard InChI is InChI=1S/C20H19N3O3S/c1-12(18(25)14-8-10-15(11-9-14)21-13(2)24)27-20-22-17-7-5-4-6-16(17)19(26)23(20)3/h4-12H,1-3H3,(H,21,24). The number of nitrogens with zero attached hydrogens (tertiary/aromatic N) is 2. The predicted octanol–water partition coefficient (Wildman–Crippen LogP) is 3.26. The van der Waals surface area contributed by atoms with Crippen molar-refractivity contribution < 1.29 is 9.59 Å². The van der Waals surface area contributed by atoms with Gasteiger partial charge in [0.05, 0.1) is 16.2 Å². The molecule has 0 fully saturated rings. The quantitative estimate of drug-likeness (QED) is 0.417. The van der Waals surface area contributed by atoms with E-state index in [1.54, 1.807) is 56.4 Å². The molecule has 6 nitrogen and oxygen atoms in total. The summed E-state index contributed by atoms with van der Waals surface area (Å²) >= 11 is 1.25. The molecule has 1 N–H and O–H groups in total. The summed E-state index contributed by atoms with van der Waals surface area (Å²) in [7, 11) is 1.66. The molecule has 0 aliphatic carbocycles. The van der Waals surface area contributed by atoms with Crippen LogP contribution in [0.3, 0.4) is 0 Å². The van der Waals surface area contributed by atoms with Gasteiger partial charge in [0.2, 0.25) is 5.91 Å². The Bertz CT molecular complexity index is 1070. The number of Topliss-reactive ketones (excluding diaryl/α,β-unsaturated/α-hetero) is 1. The van der Waals surface area contributed by atoms with Gasteiger partial charge in [0.1, 0.15) is 0 Å². The monoisotopic (exact) mass is 381 g/mol. The predicted molar refractivity (Wildman–Crippen MR) is 107 cm³/mol. The molecule has 2 aromatic carbocycles. The van der Waals surface area contributed by atoms with Crippen LogP contribution in [0.25, 0.3) is 10.9 Å². The van der Waals surface area contributed by atoms with Crippen molar-refractivity contribution >= 4 is 40.0 Å². The molecule has 3 aromatic rings. The van der Waals surface area contributed by atoms with Gasteiger partial charge in [-0.2, -0.15) is 0 Å². The molecule has 1 aromatic heterocycles. The SMILES string of the molecule is CC(=O)Nc1ccc(C(=O)C(C)Sc2nc3ccccc3c(=O)n2C)cc1. The van der Waals surface area contributed by atoms with E-state index in [1.807, 2.05) is 6.07 Å². The first kappa shape index (κ1) is 18.8. The van der Waals surface area contributed by atoms with Crippen molar-refractivity contribution in [2.75, 3.05) is 5.32 Å². The maximum Gasteiger partial charge on any atom is 0.261 e. The highest BCUT2D eigenvalue weighted by atomic mass is 32.2. The largest absolute Gasteiger partial charge is 0.326 e. The van der Waals surface area contributed by atoms with Gasteiger partial charge in [0.15, 0.2) is 10.9 Å². The summed E-state index contributed by atoms with van der Waals surface area (Å²) in [6, 6.07) is 13.9. The lowest BCUT2D eigenvalue weighted by molar-refractivity contribution is -0.114. The second kappa shape index (κ2) is 7.75. The van der Waals surface area contributed by atoms with Gasteiger partial charge in [0.25, 0.3) is 5.56 Å². The first-order valence-corrected chi connectivity index (χ1v) is 9.29. The second-order valence-corrected chi connectivity index (χ2v) is 7.47. The molecule has 0 aliphatic heterocycles. The Morgan fingerprint density at radius 1 is 1.11 bits per heavy atom. The molecule has 0 saturated heterocycles. The third kappa shape index (κ3) is 4.09. The van der Waals surface area contributed by atoms with Crippen molar-refractivity contribution in [3.8, 4) is 0 Å². The molecular weight excluding hydrogens is 362 g/mol. The van der Waals surface area contributed by atoms with E-state index < -0.39 is 5.25 Å². The van der Waals surface area contributed by atoms with Crippen LogP contribution >= 0.6 is 11.8 Å². The van der Waals surface area contributed by atoms with Crippen molar-refractivity contribution in [2.45, 2.75) is 24.3 Å². The normalized spacial score (nSPS) is 12.0. The Morgan fingerprint density at radius 2 is 1.78 bits per heavy atom. The zero-order valence-corrected chi connectivity index (χ0v) is 16.0. The molecule has 0 bridgehead atoms. The van der Waals surface area contributed by atoms with Gasteiger partial charge < -0.3 is 5.32 Å². The van der Waals surface area contributed by atoms with Crippen LogP contribution in [0, 0.1) is 0 Å². The Morgan fingerprint density at radius 3 is 2.44 bits per heavy atom. The number of aromatic nitrogens is 2. The third-order valence-electron chi connectivity index (χ3n) is 4.08. The Kier molecular flexibility index (Phi) is 5.41. The van der Waals surface area contributed by atoms with Crippen molar-refractivity contribution in [3.63, 3.8) is 0 Å². The number of anilines is 1. The Hall–Kier alpha value is -2.93. The minimum Gasteiger partial charge on any atom is -0.326 e. The smallest absolute Gasteiger partial charge is 0.261 e. The van der Waals surface area contributed by atoms with Crippen LogP contribution in [0.4, 0.5) is 5.69 Å². The van der Waals surface area contributed by atoms with Crippen molar-refractivity contribution in [1.82, 2.24) is 9.55 Å². The lowest BCUT2D eigenvalue weighted by atomic mass is 10.1. The lowest BCUT2D eigenvalue weighted by Gasteiger charge is -2.13. The van der Waals surface area contributed by atoms with Crippen LogP contribution in [0.2, 0.25) is 0 Å². The van der Waals surface area contributed by atoms with Gasteiger partial charge in [-0.1, -0.05) is 23.9 Å². The Balaban J connectivity index is 1.82. The van der Waals surface area contributed by atoms with Crippen LogP contribution in [-0.4, -0.2) is 26.5 Å². The minimum absolute atomic E-state index is 0.0724. The van der Waals surface area contributed by atoms with Crippen molar-refractivity contribution in [1.29, 1.82) is 0 Å². The number of hydrogen-bond donors (Lipinski definition) is 1. The zero-order chi connectivity index (χ0) is 19.6. The summed E-state index contributed by atoms with van der Waals surface area (Å²) in [5, 5.41) is 3.29. The first-order valence-electron chi connectivity index (χ1n) is 8.41. The van der Waals surface area contributed by atoms with E-state index in [1.165, 1.54) is 23.3 Å². The van der Waals surface area contributed by atoms with Gasteiger partial charge in [-0.05, 0) is 43.3 Å². The number of rotatable bonds is 5. The summed E-state index contributed by atoms with van der Waals surface area (Å²) < 4.78 is 1.47. The van der Waals surface area contributed by atoms with Gasteiger partial charge >= 0.3 is 0 Å². The summed E-state index contributed by atoms with van der Waals surface area (Å²) in [5.74, 6) is -0.238. The van der Waals surface area contributed by atoms with E-state index >= 15 is 0 Å². The number of thioether (sulfide) groups is 1. The molecule has 0 aliphatic rings. The number of amides is 1. The number of benzene rings is 2. The van der Waals surface area contributed by atoms with Crippen molar-refractivity contribution in [2.24, 2.45) is 7.05 Å². The van der Waals surface area contributed by atoms with Gasteiger partial charge in [-0.25, -0.2) is 4.98 Å². The molecule has 1 unspecified atom stereocenters. The van der Waals surface area contributed by atoms with Gasteiger partial charge in [-0.3, -0.25) is 19.0 Å². The third-order valence-corrected chi connectivity index (χ3v) is 5.23. The summed E-state index contributed by atoms with van der Waals surface area (Å²) in [6.07, 6.45) is 0. The van der Waals surface area contributed by atoms with Gasteiger partial charge in [0, 0.05) is 25.2 Å². The molecule has 0 radical (unpaired) electrons. The highest BCUT2D eigenvalue weighted by molar-refractivity contribution is 8.00. The van der Waals surface area contributed by atoms with E-state index in [-0.39, 0.29) is 17.2 Å². The molecule has 1 heterocycles. The van der Waals surface area contributed by atoms with Crippen LogP contribution < -0.4 is 10.9 Å². The highest BCUT2D eigenvalue weighted by Crippen LogP contribution is 2.25. The molecule has 3 rings (SSSR count). The lowest BCUT2D eigenvalue weighted by Crippen LogP contribution is -2.22. The molecule has 138 valence electrons. The van der Waals surface area contributed by atoms with E-state index in [0.717, 1.165) is 0 Å². The number of hydrogen-bond acceptors (Lipinski definition) is 5. The zero-order valence-electron chi connectivity index (χ0n) is 15.2. The van der Waals surface area contributed by atoms with Gasteiger partial charge in [-0.15, -0.1) is 0 Å². The molecular formula is C20H19N3O3S. The van der Waals surface area contributed by atoms with Crippen LogP contribution in [0.1, 0.15) is 24.2 Å². The molecule has 7 heteroatoms. The summed E-state index contributed by atoms with van der Waals surface area (Å²) in [4.78, 5) is 40.8. The molecule has 1 amide bonds. The van der Waals surface area contributed by atoms with Crippen LogP contribution in [0.15, 0.2) is 58.5 Å². The fraction of sp³-hybridized carbons (Fsp3) is 0.200. The molecule has 27 heavy (non-hydrogen) atoms. The number of carbonyl (C=O) groups excluding carboxylic acids is 2. The summed E-state index contributed by atoms with van der Waals surface area (Å²) in [6.45, 7) is 3.22. The number of fused-ring (bicyclic) bond motifs is 1. The maximum absolute atomic E-state index is 12.7. The summed E-state index contributed by atoms with van der Waals surface area (Å²) in [5.41, 5.74) is 1.65. The molecule has 0 saturated carbocycles. The fourth-order valence-corrected chi connectivity index (χ4v) is 3.62. The van der Waals surface area contributed by atoms with Crippen LogP contribution in [-0.2, 0) is 11.8 Å². The average molecular weight is 381 g/mol. The fourth-order valence-electron chi connectivity index (χ4n) is 2.67. The number of ketones is 1. The number of para-hydroxylation sites is 1. The van der Waals surface area contributed by atoms with E-state index in [0.29, 0.717) is 27.3 Å². The van der Waals surface area contributed by atoms with Crippen molar-refractivity contribution in [3.05, 3.63) is 64.4 Å². The van der Waals surface area contributed by atoms with Crippen LogP contribution in [0.5, 0.6) is 0 Å². The molecule has 0 spiro atoms. The van der Waals surface area contributed by atoms with E-state index in [9.17, 15) is 14.4 Å². The number of carbonyl (C=O) groups is 2. The topological polar surface area (TPSA) is 81.1 Å². The second-order valence-electron chi connectivity index (χ2n) is 6.16. The molecule has 1 atom stereocenters. The average Bonchev–Trinajstić information content (AvgIpc) is 2.65.